The highest BCUT2D eigenvalue weighted by Crippen LogP contribution is 2.23. The summed E-state index contributed by atoms with van der Waals surface area (Å²) in [5, 5.41) is -0.0463. The number of carbonyl (C=O) groups is 1. The van der Waals surface area contributed by atoms with E-state index in [1.165, 1.54) is 10.8 Å². The standard InChI is InChI=1S/C6H12O2S2/c1-4-8-6(7)5(2)10-9-3/h5H,4H2,1-3H3/t5-/m0/s1. The van der Waals surface area contributed by atoms with Gasteiger partial charge in [-0.05, 0) is 20.1 Å². The molecule has 0 rings (SSSR count). The maximum absolute atomic E-state index is 10.9. The zero-order valence-corrected chi connectivity index (χ0v) is 8.05. The van der Waals surface area contributed by atoms with Gasteiger partial charge in [0, 0.05) is 0 Å². The number of hydrogen-bond acceptors (Lipinski definition) is 4. The van der Waals surface area contributed by atoms with Gasteiger partial charge in [0.2, 0.25) is 0 Å². The summed E-state index contributed by atoms with van der Waals surface area (Å²) in [6.45, 7) is 4.13. The van der Waals surface area contributed by atoms with Crippen LogP contribution < -0.4 is 0 Å². The Morgan fingerprint density at radius 1 is 1.70 bits per heavy atom. The van der Waals surface area contributed by atoms with E-state index in [4.69, 9.17) is 4.74 Å². The second-order valence-electron chi connectivity index (χ2n) is 1.66. The normalized spacial score (nSPS) is 12.7. The molecule has 60 valence electrons. The molecule has 0 aromatic rings. The van der Waals surface area contributed by atoms with Crippen LogP contribution in [-0.4, -0.2) is 24.1 Å². The molecular formula is C6H12O2S2. The first kappa shape index (κ1) is 10.2. The predicted octanol–water partition coefficient (Wildman–Crippen LogP) is 1.95. The van der Waals surface area contributed by atoms with Crippen LogP contribution in [0.15, 0.2) is 0 Å². The zero-order chi connectivity index (χ0) is 7.98. The van der Waals surface area contributed by atoms with Gasteiger partial charge < -0.3 is 4.74 Å². The summed E-state index contributed by atoms with van der Waals surface area (Å²) >= 11 is 0. The Morgan fingerprint density at radius 2 is 2.30 bits per heavy atom. The lowest BCUT2D eigenvalue weighted by atomic mass is 10.5. The summed E-state index contributed by atoms with van der Waals surface area (Å²) in [6.07, 6.45) is 1.94. The Balaban J connectivity index is 3.49. The van der Waals surface area contributed by atoms with Crippen molar-refractivity contribution in [2.45, 2.75) is 19.1 Å². The van der Waals surface area contributed by atoms with E-state index in [0.29, 0.717) is 6.61 Å². The first-order chi connectivity index (χ1) is 4.72. The van der Waals surface area contributed by atoms with E-state index in [1.807, 2.05) is 20.1 Å². The summed E-state index contributed by atoms with van der Waals surface area (Å²) in [5.41, 5.74) is 0. The van der Waals surface area contributed by atoms with Gasteiger partial charge in [0.05, 0.1) is 6.61 Å². The summed E-state index contributed by atoms with van der Waals surface area (Å²) < 4.78 is 4.78. The first-order valence-corrected chi connectivity index (χ1v) is 5.70. The quantitative estimate of drug-likeness (QED) is 0.488. The molecule has 0 unspecified atom stereocenters. The van der Waals surface area contributed by atoms with Gasteiger partial charge in [-0.2, -0.15) is 0 Å². The lowest BCUT2D eigenvalue weighted by Crippen LogP contribution is -2.15. The highest BCUT2D eigenvalue weighted by atomic mass is 33.1. The number of hydrogen-bond donors (Lipinski definition) is 0. The number of esters is 1. The highest BCUT2D eigenvalue weighted by Gasteiger charge is 2.12. The molecule has 0 aliphatic carbocycles. The molecule has 0 aliphatic heterocycles. The number of carbonyl (C=O) groups excluding carboxylic acids is 1. The first-order valence-electron chi connectivity index (χ1n) is 3.08. The molecule has 0 heterocycles. The van der Waals surface area contributed by atoms with Crippen LogP contribution in [0, 0.1) is 0 Å². The maximum atomic E-state index is 10.9. The minimum Gasteiger partial charge on any atom is -0.465 e. The Morgan fingerprint density at radius 3 is 2.70 bits per heavy atom. The minimum absolute atomic E-state index is 0.0463. The van der Waals surface area contributed by atoms with Gasteiger partial charge in [-0.3, -0.25) is 4.79 Å². The molecule has 2 nitrogen and oxygen atoms in total. The van der Waals surface area contributed by atoms with Crippen molar-refractivity contribution in [3.05, 3.63) is 0 Å². The summed E-state index contributed by atoms with van der Waals surface area (Å²) in [5.74, 6) is -0.123. The van der Waals surface area contributed by atoms with Gasteiger partial charge in [-0.25, -0.2) is 0 Å². The van der Waals surface area contributed by atoms with E-state index >= 15 is 0 Å². The summed E-state index contributed by atoms with van der Waals surface area (Å²) in [6, 6.07) is 0. The molecule has 0 bridgehead atoms. The fraction of sp³-hybridized carbons (Fsp3) is 0.833. The summed E-state index contributed by atoms with van der Waals surface area (Å²) in [7, 11) is 3.10. The molecular weight excluding hydrogens is 168 g/mol. The molecule has 0 N–H and O–H groups in total. The maximum Gasteiger partial charge on any atom is 0.319 e. The van der Waals surface area contributed by atoms with Gasteiger partial charge in [0.25, 0.3) is 0 Å². The van der Waals surface area contributed by atoms with Crippen molar-refractivity contribution in [3.8, 4) is 0 Å². The van der Waals surface area contributed by atoms with Crippen LogP contribution in [0.25, 0.3) is 0 Å². The molecule has 0 radical (unpaired) electrons. The Bertz CT molecular complexity index is 106. The van der Waals surface area contributed by atoms with Gasteiger partial charge in [0.15, 0.2) is 0 Å². The lowest BCUT2D eigenvalue weighted by molar-refractivity contribution is -0.142. The van der Waals surface area contributed by atoms with E-state index in [-0.39, 0.29) is 11.2 Å². The van der Waals surface area contributed by atoms with E-state index in [2.05, 4.69) is 0 Å². The average Bonchev–Trinajstić information content (AvgIpc) is 1.89. The van der Waals surface area contributed by atoms with E-state index < -0.39 is 0 Å². The second kappa shape index (κ2) is 5.92. The molecule has 0 amide bonds. The van der Waals surface area contributed by atoms with Crippen LogP contribution in [-0.2, 0) is 9.53 Å². The Labute approximate surface area is 69.5 Å². The van der Waals surface area contributed by atoms with E-state index in [9.17, 15) is 4.79 Å². The van der Waals surface area contributed by atoms with Crippen molar-refractivity contribution in [1.82, 2.24) is 0 Å². The largest absolute Gasteiger partial charge is 0.465 e. The zero-order valence-electron chi connectivity index (χ0n) is 6.42. The third-order valence-corrected chi connectivity index (χ3v) is 2.98. The molecule has 0 aromatic heterocycles. The molecule has 0 aliphatic rings. The monoisotopic (exact) mass is 180 g/mol. The molecule has 0 fully saturated rings. The van der Waals surface area contributed by atoms with E-state index in [0.717, 1.165) is 0 Å². The van der Waals surface area contributed by atoms with Crippen molar-refractivity contribution in [2.24, 2.45) is 0 Å². The van der Waals surface area contributed by atoms with Crippen molar-refractivity contribution in [1.29, 1.82) is 0 Å². The molecule has 4 heteroatoms. The van der Waals surface area contributed by atoms with Gasteiger partial charge in [0.1, 0.15) is 5.25 Å². The van der Waals surface area contributed by atoms with E-state index in [1.54, 1.807) is 10.8 Å². The van der Waals surface area contributed by atoms with Crippen molar-refractivity contribution in [2.75, 3.05) is 12.9 Å². The highest BCUT2D eigenvalue weighted by molar-refractivity contribution is 8.76. The predicted molar refractivity (Wildman–Crippen MR) is 47.2 cm³/mol. The molecule has 1 atom stereocenters. The molecule has 0 saturated carbocycles. The van der Waals surface area contributed by atoms with Crippen LogP contribution >= 0.6 is 21.6 Å². The Hall–Kier alpha value is 0.170. The fourth-order valence-electron chi connectivity index (χ4n) is 0.443. The van der Waals surface area contributed by atoms with Gasteiger partial charge >= 0.3 is 5.97 Å². The smallest absolute Gasteiger partial charge is 0.319 e. The molecule has 10 heavy (non-hydrogen) atoms. The number of rotatable bonds is 4. The van der Waals surface area contributed by atoms with Crippen LogP contribution in [0.5, 0.6) is 0 Å². The second-order valence-corrected chi connectivity index (χ2v) is 4.47. The fourth-order valence-corrected chi connectivity index (χ4v) is 1.98. The summed E-state index contributed by atoms with van der Waals surface area (Å²) in [4.78, 5) is 10.9. The average molecular weight is 180 g/mol. The van der Waals surface area contributed by atoms with Crippen LogP contribution in [0.3, 0.4) is 0 Å². The van der Waals surface area contributed by atoms with Gasteiger partial charge in [-0.15, -0.1) is 0 Å². The van der Waals surface area contributed by atoms with Crippen molar-refractivity contribution >= 4 is 27.6 Å². The van der Waals surface area contributed by atoms with Crippen LogP contribution in [0.4, 0.5) is 0 Å². The van der Waals surface area contributed by atoms with Crippen LogP contribution in [0.2, 0.25) is 0 Å². The molecule has 0 aromatic carbocycles. The Kier molecular flexibility index (Phi) is 6.02. The van der Waals surface area contributed by atoms with Gasteiger partial charge in [-0.1, -0.05) is 21.6 Å². The molecule has 0 saturated heterocycles. The lowest BCUT2D eigenvalue weighted by Gasteiger charge is -2.06. The third kappa shape index (κ3) is 4.06. The SMILES string of the molecule is CCOC(=O)[C@H](C)SSC. The minimum atomic E-state index is -0.123. The molecule has 0 spiro atoms. The van der Waals surface area contributed by atoms with Crippen molar-refractivity contribution in [3.63, 3.8) is 0 Å². The van der Waals surface area contributed by atoms with Crippen molar-refractivity contribution < 1.29 is 9.53 Å². The number of ether oxygens (including phenoxy) is 1. The third-order valence-electron chi connectivity index (χ3n) is 0.859. The van der Waals surface area contributed by atoms with Crippen LogP contribution in [0.1, 0.15) is 13.8 Å². The topological polar surface area (TPSA) is 26.3 Å².